The molecule has 31 heavy (non-hydrogen) atoms. The minimum absolute atomic E-state index is 0.217. The fourth-order valence-corrected chi connectivity index (χ4v) is 4.75. The molecule has 0 radical (unpaired) electrons. The van der Waals surface area contributed by atoms with Crippen molar-refractivity contribution < 1.29 is 22.3 Å². The third kappa shape index (κ3) is 5.41. The summed E-state index contributed by atoms with van der Waals surface area (Å²) in [5, 5.41) is 2.92. The molecule has 0 bridgehead atoms. The highest BCUT2D eigenvalue weighted by Gasteiger charge is 2.35. The summed E-state index contributed by atoms with van der Waals surface area (Å²) in [6.07, 6.45) is 1.52. The van der Waals surface area contributed by atoms with Gasteiger partial charge in [0.1, 0.15) is 12.4 Å². The highest BCUT2D eigenvalue weighted by atomic mass is 32.2. The van der Waals surface area contributed by atoms with Crippen LogP contribution in [0.4, 0.5) is 10.1 Å². The van der Waals surface area contributed by atoms with Gasteiger partial charge >= 0.3 is 10.2 Å². The molecule has 0 aliphatic carbocycles. The number of nitrogens with zero attached hydrogens (tertiary/aromatic N) is 2. The molecule has 0 atom stereocenters. The number of carbonyl (C=O) groups excluding carboxylic acids is 1. The van der Waals surface area contributed by atoms with Gasteiger partial charge in [0.15, 0.2) is 0 Å². The van der Waals surface area contributed by atoms with Gasteiger partial charge in [-0.2, -0.15) is 12.7 Å². The largest absolute Gasteiger partial charge is 0.381 e. The molecule has 2 aromatic rings. The van der Waals surface area contributed by atoms with Crippen molar-refractivity contribution in [3.63, 3.8) is 0 Å². The SMILES string of the molecule is CN(C)S(=O)(=O)N(CC(=O)NCC1(c2ccccc2)CCOCC1)c1ccc(F)cc1. The first-order valence-electron chi connectivity index (χ1n) is 10.1. The Balaban J connectivity index is 1.78. The van der Waals surface area contributed by atoms with Crippen LogP contribution >= 0.6 is 0 Å². The van der Waals surface area contributed by atoms with Gasteiger partial charge in [0, 0.05) is 39.3 Å². The fourth-order valence-electron chi connectivity index (χ4n) is 3.69. The molecule has 1 amide bonds. The molecule has 1 heterocycles. The van der Waals surface area contributed by atoms with Gasteiger partial charge in [-0.25, -0.2) is 8.70 Å². The lowest BCUT2D eigenvalue weighted by molar-refractivity contribution is -0.120. The summed E-state index contributed by atoms with van der Waals surface area (Å²) in [5.41, 5.74) is 1.07. The zero-order valence-electron chi connectivity index (χ0n) is 17.8. The Kier molecular flexibility index (Phi) is 7.30. The van der Waals surface area contributed by atoms with Gasteiger partial charge in [-0.1, -0.05) is 30.3 Å². The second kappa shape index (κ2) is 9.76. The van der Waals surface area contributed by atoms with Crippen LogP contribution in [0, 0.1) is 5.82 Å². The molecule has 0 aromatic heterocycles. The monoisotopic (exact) mass is 449 g/mol. The summed E-state index contributed by atoms with van der Waals surface area (Å²) in [7, 11) is -1.18. The van der Waals surface area contributed by atoms with Crippen molar-refractivity contribution >= 4 is 21.8 Å². The second-order valence-corrected chi connectivity index (χ2v) is 9.88. The Morgan fingerprint density at radius 2 is 1.68 bits per heavy atom. The van der Waals surface area contributed by atoms with Crippen molar-refractivity contribution in [2.45, 2.75) is 18.3 Å². The van der Waals surface area contributed by atoms with Crippen LogP contribution < -0.4 is 9.62 Å². The Morgan fingerprint density at radius 3 is 2.26 bits per heavy atom. The van der Waals surface area contributed by atoms with Crippen LogP contribution in [0.25, 0.3) is 0 Å². The first-order valence-corrected chi connectivity index (χ1v) is 11.5. The number of carbonyl (C=O) groups is 1. The van der Waals surface area contributed by atoms with Gasteiger partial charge in [0.2, 0.25) is 5.91 Å². The van der Waals surface area contributed by atoms with Crippen molar-refractivity contribution in [1.82, 2.24) is 9.62 Å². The summed E-state index contributed by atoms with van der Waals surface area (Å²) in [4.78, 5) is 12.8. The predicted molar refractivity (Wildman–Crippen MR) is 118 cm³/mol. The Labute approximate surface area is 183 Å². The van der Waals surface area contributed by atoms with Crippen LogP contribution in [-0.2, 0) is 25.2 Å². The van der Waals surface area contributed by atoms with Crippen LogP contribution in [0.1, 0.15) is 18.4 Å². The molecule has 1 saturated heterocycles. The maximum atomic E-state index is 13.3. The molecule has 7 nitrogen and oxygen atoms in total. The molecule has 1 fully saturated rings. The number of amides is 1. The number of rotatable bonds is 8. The van der Waals surface area contributed by atoms with E-state index in [9.17, 15) is 17.6 Å². The predicted octanol–water partition coefficient (Wildman–Crippen LogP) is 2.30. The third-order valence-corrected chi connectivity index (χ3v) is 7.42. The van der Waals surface area contributed by atoms with E-state index in [-0.39, 0.29) is 11.1 Å². The van der Waals surface area contributed by atoms with E-state index in [1.54, 1.807) is 0 Å². The van der Waals surface area contributed by atoms with Crippen LogP contribution in [0.2, 0.25) is 0 Å². The molecule has 9 heteroatoms. The Bertz CT molecular complexity index is 976. The number of benzene rings is 2. The maximum Gasteiger partial charge on any atom is 0.304 e. The first kappa shape index (κ1) is 23.2. The Morgan fingerprint density at radius 1 is 1.06 bits per heavy atom. The lowest BCUT2D eigenvalue weighted by Gasteiger charge is -2.38. The zero-order valence-corrected chi connectivity index (χ0v) is 18.6. The summed E-state index contributed by atoms with van der Waals surface area (Å²) in [5.74, 6) is -0.920. The molecule has 0 spiro atoms. The van der Waals surface area contributed by atoms with Crippen molar-refractivity contribution in [3.05, 3.63) is 66.0 Å². The number of anilines is 1. The minimum atomic E-state index is -3.95. The number of hydrogen-bond acceptors (Lipinski definition) is 4. The fraction of sp³-hybridized carbons (Fsp3) is 0.409. The van der Waals surface area contributed by atoms with Crippen molar-refractivity contribution in [1.29, 1.82) is 0 Å². The summed E-state index contributed by atoms with van der Waals surface area (Å²) in [6, 6.07) is 15.0. The first-order chi connectivity index (χ1) is 14.7. The smallest absolute Gasteiger partial charge is 0.304 e. The van der Waals surface area contributed by atoms with E-state index in [1.807, 2.05) is 30.3 Å². The average Bonchev–Trinajstić information content (AvgIpc) is 2.78. The molecular formula is C22H28FN3O4S. The zero-order chi connectivity index (χ0) is 22.5. The molecular weight excluding hydrogens is 421 g/mol. The molecule has 168 valence electrons. The number of halogens is 1. The topological polar surface area (TPSA) is 79.0 Å². The molecule has 1 N–H and O–H groups in total. The van der Waals surface area contributed by atoms with E-state index in [0.29, 0.717) is 19.8 Å². The lowest BCUT2D eigenvalue weighted by Crippen LogP contribution is -2.49. The number of ether oxygens (including phenoxy) is 1. The Hall–Kier alpha value is -2.49. The third-order valence-electron chi connectivity index (χ3n) is 5.60. The van der Waals surface area contributed by atoms with E-state index in [4.69, 9.17) is 4.74 Å². The maximum absolute atomic E-state index is 13.3. The van der Waals surface area contributed by atoms with Gasteiger partial charge in [0.25, 0.3) is 0 Å². The molecule has 1 aliphatic heterocycles. The highest BCUT2D eigenvalue weighted by Crippen LogP contribution is 2.34. The van der Waals surface area contributed by atoms with Crippen LogP contribution in [0.15, 0.2) is 54.6 Å². The van der Waals surface area contributed by atoms with Crippen LogP contribution in [0.5, 0.6) is 0 Å². The van der Waals surface area contributed by atoms with Gasteiger partial charge in [-0.3, -0.25) is 4.79 Å². The molecule has 0 unspecified atom stereocenters. The van der Waals surface area contributed by atoms with Crippen LogP contribution in [0.3, 0.4) is 0 Å². The molecule has 1 aliphatic rings. The normalized spacial score (nSPS) is 16.1. The molecule has 0 saturated carbocycles. The summed E-state index contributed by atoms with van der Waals surface area (Å²) >= 11 is 0. The quantitative estimate of drug-likeness (QED) is 0.671. The van der Waals surface area contributed by atoms with Crippen LogP contribution in [-0.4, -0.2) is 59.0 Å². The molecule has 2 aromatic carbocycles. The average molecular weight is 450 g/mol. The van der Waals surface area contributed by atoms with Crippen molar-refractivity contribution in [2.24, 2.45) is 0 Å². The summed E-state index contributed by atoms with van der Waals surface area (Å²) in [6.45, 7) is 1.16. The minimum Gasteiger partial charge on any atom is -0.381 e. The van der Waals surface area contributed by atoms with Crippen molar-refractivity contribution in [3.8, 4) is 0 Å². The standard InChI is InChI=1S/C22H28FN3O4S/c1-25(2)31(28,29)26(20-10-8-19(23)9-11-20)16-21(27)24-17-22(12-14-30-15-13-22)18-6-4-3-5-7-18/h3-11H,12-17H2,1-2H3,(H,24,27). The van der Waals surface area contributed by atoms with E-state index in [2.05, 4.69) is 5.32 Å². The number of nitrogens with one attached hydrogen (secondary N) is 1. The van der Waals surface area contributed by atoms with Gasteiger partial charge in [-0.05, 0) is 42.7 Å². The van der Waals surface area contributed by atoms with E-state index >= 15 is 0 Å². The lowest BCUT2D eigenvalue weighted by atomic mass is 9.74. The van der Waals surface area contributed by atoms with E-state index in [1.165, 1.54) is 26.2 Å². The van der Waals surface area contributed by atoms with E-state index in [0.717, 1.165) is 39.1 Å². The second-order valence-electron chi connectivity index (χ2n) is 7.81. The van der Waals surface area contributed by atoms with Gasteiger partial charge in [-0.15, -0.1) is 0 Å². The summed E-state index contributed by atoms with van der Waals surface area (Å²) < 4.78 is 46.5. The van der Waals surface area contributed by atoms with Crippen molar-refractivity contribution in [2.75, 3.05) is 44.7 Å². The van der Waals surface area contributed by atoms with E-state index < -0.39 is 28.5 Å². The van der Waals surface area contributed by atoms with Gasteiger partial charge < -0.3 is 10.1 Å². The molecule has 3 rings (SSSR count). The highest BCUT2D eigenvalue weighted by molar-refractivity contribution is 7.90. The van der Waals surface area contributed by atoms with Gasteiger partial charge in [0.05, 0.1) is 5.69 Å². The number of hydrogen-bond donors (Lipinski definition) is 1.